The van der Waals surface area contributed by atoms with E-state index in [9.17, 15) is 4.39 Å². The molecule has 88 valence electrons. The molecule has 3 nitrogen and oxygen atoms in total. The molecular weight excluding hydrogens is 310 g/mol. The number of hydrogen-bond donors (Lipinski definition) is 0. The Hall–Kier alpha value is -1.20. The van der Waals surface area contributed by atoms with E-state index in [1.165, 1.54) is 13.3 Å². The molecule has 0 spiro atoms. The van der Waals surface area contributed by atoms with E-state index in [1.807, 2.05) is 0 Å². The summed E-state index contributed by atoms with van der Waals surface area (Å²) in [6.45, 7) is 1.53. The molecule has 0 saturated carbocycles. The first kappa shape index (κ1) is 12.3. The van der Waals surface area contributed by atoms with Crippen LogP contribution in [-0.4, -0.2) is 9.97 Å². The topological polar surface area (TPSA) is 35.0 Å². The van der Waals surface area contributed by atoms with Gasteiger partial charge in [-0.15, -0.1) is 0 Å². The molecule has 1 aromatic heterocycles. The van der Waals surface area contributed by atoms with Gasteiger partial charge in [-0.25, -0.2) is 4.98 Å². The van der Waals surface area contributed by atoms with E-state index in [1.54, 1.807) is 18.2 Å². The lowest BCUT2D eigenvalue weighted by Crippen LogP contribution is -1.97. The number of benzene rings is 1. The van der Waals surface area contributed by atoms with E-state index in [0.29, 0.717) is 10.8 Å². The molecule has 0 radical (unpaired) electrons. The molecule has 0 aliphatic heterocycles. The predicted octanol–water partition coefficient (Wildman–Crippen LogP) is 4.13. The van der Waals surface area contributed by atoms with E-state index in [4.69, 9.17) is 16.3 Å². The molecule has 2 rings (SSSR count). The van der Waals surface area contributed by atoms with Crippen LogP contribution in [0.2, 0.25) is 5.02 Å². The second kappa shape index (κ2) is 4.98. The third-order valence-electron chi connectivity index (χ3n) is 2.03. The number of aryl methyl sites for hydroxylation is 1. The first-order chi connectivity index (χ1) is 8.08. The van der Waals surface area contributed by atoms with E-state index in [-0.39, 0.29) is 11.6 Å². The summed E-state index contributed by atoms with van der Waals surface area (Å²) in [5.74, 6) is -0.404. The van der Waals surface area contributed by atoms with Crippen molar-refractivity contribution in [1.29, 1.82) is 0 Å². The van der Waals surface area contributed by atoms with Crippen LogP contribution in [-0.2, 0) is 0 Å². The maximum atomic E-state index is 13.6. The number of ether oxygens (including phenoxy) is 1. The van der Waals surface area contributed by atoms with E-state index in [2.05, 4.69) is 25.9 Å². The van der Waals surface area contributed by atoms with Crippen molar-refractivity contribution in [1.82, 2.24) is 9.97 Å². The molecule has 0 aliphatic rings. The lowest BCUT2D eigenvalue weighted by atomic mass is 10.3. The second-order valence-electron chi connectivity index (χ2n) is 3.26. The molecule has 0 unspecified atom stereocenters. The van der Waals surface area contributed by atoms with Crippen molar-refractivity contribution < 1.29 is 9.13 Å². The predicted molar refractivity (Wildman–Crippen MR) is 66.0 cm³/mol. The number of nitrogens with zero attached hydrogens (tertiary/aromatic N) is 2. The maximum Gasteiger partial charge on any atom is 0.259 e. The van der Waals surface area contributed by atoms with Gasteiger partial charge >= 0.3 is 0 Å². The van der Waals surface area contributed by atoms with Crippen LogP contribution in [0.15, 0.2) is 29.0 Å². The zero-order chi connectivity index (χ0) is 12.4. The Labute approximate surface area is 111 Å². The average Bonchev–Trinajstić information content (AvgIpc) is 2.30. The zero-order valence-electron chi connectivity index (χ0n) is 8.75. The van der Waals surface area contributed by atoms with Crippen molar-refractivity contribution in [2.75, 3.05) is 0 Å². The van der Waals surface area contributed by atoms with Crippen molar-refractivity contribution in [3.05, 3.63) is 45.5 Å². The summed E-state index contributed by atoms with van der Waals surface area (Å²) in [5.41, 5.74) is 0.223. The quantitative estimate of drug-likeness (QED) is 0.835. The van der Waals surface area contributed by atoms with Crippen molar-refractivity contribution in [2.24, 2.45) is 0 Å². The molecule has 0 bridgehead atoms. The zero-order valence-corrected chi connectivity index (χ0v) is 11.1. The summed E-state index contributed by atoms with van der Waals surface area (Å²) in [7, 11) is 0. The largest absolute Gasteiger partial charge is 0.435 e. The molecular formula is C11H7BrClFN2O. The Morgan fingerprint density at radius 2 is 2.12 bits per heavy atom. The molecule has 1 aromatic carbocycles. The fourth-order valence-corrected chi connectivity index (χ4v) is 1.66. The molecule has 0 fully saturated rings. The van der Waals surface area contributed by atoms with Crippen LogP contribution < -0.4 is 4.74 Å². The Kier molecular flexibility index (Phi) is 3.59. The lowest BCUT2D eigenvalue weighted by molar-refractivity contribution is 0.416. The lowest BCUT2D eigenvalue weighted by Gasteiger charge is -2.08. The molecule has 0 aliphatic carbocycles. The van der Waals surface area contributed by atoms with Gasteiger partial charge < -0.3 is 4.74 Å². The Morgan fingerprint density at radius 3 is 2.88 bits per heavy atom. The van der Waals surface area contributed by atoms with Gasteiger partial charge in [0.05, 0.1) is 10.7 Å². The molecule has 0 atom stereocenters. The number of rotatable bonds is 2. The molecule has 2 aromatic rings. The summed E-state index contributed by atoms with van der Waals surface area (Å²) in [4.78, 5) is 7.44. The number of hydrogen-bond acceptors (Lipinski definition) is 3. The Bertz CT molecular complexity index is 565. The van der Waals surface area contributed by atoms with E-state index in [0.717, 1.165) is 4.47 Å². The standard InChI is InChI=1S/C11H7BrClFN2O/c1-6-10(14)11(16-5-15-6)17-9-4-7(12)2-3-8(9)13/h2-5H,1H3. The van der Waals surface area contributed by atoms with E-state index < -0.39 is 5.82 Å². The first-order valence-corrected chi connectivity index (χ1v) is 5.85. The fourth-order valence-electron chi connectivity index (χ4n) is 1.17. The molecule has 0 saturated heterocycles. The number of aromatic nitrogens is 2. The van der Waals surface area contributed by atoms with Gasteiger partial charge in [-0.3, -0.25) is 0 Å². The first-order valence-electron chi connectivity index (χ1n) is 4.68. The monoisotopic (exact) mass is 316 g/mol. The van der Waals surface area contributed by atoms with Crippen molar-refractivity contribution in [2.45, 2.75) is 6.92 Å². The van der Waals surface area contributed by atoms with Gasteiger partial charge in [0, 0.05) is 4.47 Å². The van der Waals surface area contributed by atoms with Gasteiger partial charge in [-0.2, -0.15) is 9.37 Å². The minimum atomic E-state index is -0.594. The normalized spacial score (nSPS) is 10.4. The molecule has 17 heavy (non-hydrogen) atoms. The minimum absolute atomic E-state index is 0.141. The van der Waals surface area contributed by atoms with Gasteiger partial charge in [0.2, 0.25) is 5.82 Å². The molecule has 0 amide bonds. The summed E-state index contributed by atoms with van der Waals surface area (Å²) >= 11 is 9.20. The summed E-state index contributed by atoms with van der Waals surface area (Å²) < 4.78 is 19.7. The van der Waals surface area contributed by atoms with Crippen LogP contribution in [0, 0.1) is 12.7 Å². The highest BCUT2D eigenvalue weighted by Crippen LogP contribution is 2.32. The Balaban J connectivity index is 2.38. The highest BCUT2D eigenvalue weighted by atomic mass is 79.9. The van der Waals surface area contributed by atoms with Crippen LogP contribution in [0.4, 0.5) is 4.39 Å². The van der Waals surface area contributed by atoms with Crippen molar-refractivity contribution >= 4 is 27.5 Å². The average molecular weight is 318 g/mol. The summed E-state index contributed by atoms with van der Waals surface area (Å²) in [6.07, 6.45) is 1.24. The number of halogens is 3. The van der Waals surface area contributed by atoms with Crippen LogP contribution in [0.3, 0.4) is 0 Å². The van der Waals surface area contributed by atoms with Crippen LogP contribution in [0.25, 0.3) is 0 Å². The Morgan fingerprint density at radius 1 is 1.35 bits per heavy atom. The highest BCUT2D eigenvalue weighted by molar-refractivity contribution is 9.10. The van der Waals surface area contributed by atoms with Gasteiger partial charge in [-0.05, 0) is 25.1 Å². The third kappa shape index (κ3) is 2.73. The van der Waals surface area contributed by atoms with Gasteiger partial charge in [0.1, 0.15) is 12.1 Å². The second-order valence-corrected chi connectivity index (χ2v) is 4.58. The maximum absolute atomic E-state index is 13.6. The van der Waals surface area contributed by atoms with Gasteiger partial charge in [0.15, 0.2) is 0 Å². The molecule has 1 heterocycles. The van der Waals surface area contributed by atoms with Crippen LogP contribution in [0.1, 0.15) is 5.69 Å². The summed E-state index contributed by atoms with van der Waals surface area (Å²) in [6, 6.07) is 5.04. The van der Waals surface area contributed by atoms with Gasteiger partial charge in [-0.1, -0.05) is 27.5 Å². The third-order valence-corrected chi connectivity index (χ3v) is 2.84. The van der Waals surface area contributed by atoms with Crippen molar-refractivity contribution in [3.63, 3.8) is 0 Å². The van der Waals surface area contributed by atoms with Crippen LogP contribution in [0.5, 0.6) is 11.6 Å². The summed E-state index contributed by atoms with van der Waals surface area (Å²) in [5, 5.41) is 0.379. The van der Waals surface area contributed by atoms with Crippen LogP contribution >= 0.6 is 27.5 Å². The van der Waals surface area contributed by atoms with Crippen molar-refractivity contribution in [3.8, 4) is 11.6 Å². The highest BCUT2D eigenvalue weighted by Gasteiger charge is 2.12. The smallest absolute Gasteiger partial charge is 0.259 e. The fraction of sp³-hybridized carbons (Fsp3) is 0.0909. The van der Waals surface area contributed by atoms with E-state index >= 15 is 0 Å². The SMILES string of the molecule is Cc1ncnc(Oc2cc(Br)ccc2Cl)c1F. The molecule has 6 heteroatoms. The van der Waals surface area contributed by atoms with Gasteiger partial charge in [0.25, 0.3) is 5.88 Å². The minimum Gasteiger partial charge on any atom is -0.435 e. The molecule has 0 N–H and O–H groups in total.